The molecule has 2 nitrogen and oxygen atoms in total. The van der Waals surface area contributed by atoms with E-state index in [2.05, 4.69) is 20.8 Å². The molecule has 0 aromatic rings. The fraction of sp³-hybridized carbons (Fsp3) is 1.00. The molecule has 1 atom stereocenters. The lowest BCUT2D eigenvalue weighted by Gasteiger charge is -2.40. The zero-order chi connectivity index (χ0) is 11.4. The average molecular weight is 202 g/mol. The van der Waals surface area contributed by atoms with Crippen LogP contribution < -0.4 is 0 Å². The Kier molecular flexibility index (Phi) is 5.10. The molecular weight excluding hydrogens is 176 g/mol. The first-order valence-electron chi connectivity index (χ1n) is 5.76. The Labute approximate surface area is 88.7 Å². The minimum absolute atomic E-state index is 0.130. The first kappa shape index (κ1) is 13.9. The Bertz CT molecular complexity index is 162. The van der Waals surface area contributed by atoms with Crippen LogP contribution in [0.4, 0.5) is 0 Å². The predicted molar refractivity (Wildman–Crippen MR) is 60.2 cm³/mol. The molecular formula is C12H26O2. The van der Waals surface area contributed by atoms with Crippen LogP contribution in [0.15, 0.2) is 0 Å². The zero-order valence-electron chi connectivity index (χ0n) is 10.6. The number of hydrogen-bond acceptors (Lipinski definition) is 2. The summed E-state index contributed by atoms with van der Waals surface area (Å²) in [5.74, 6) is -0.842. The van der Waals surface area contributed by atoms with Gasteiger partial charge in [0.1, 0.15) is 0 Å². The summed E-state index contributed by atoms with van der Waals surface area (Å²) in [4.78, 5) is 0. The Balaban J connectivity index is 4.59. The molecule has 0 aliphatic carbocycles. The van der Waals surface area contributed by atoms with Crippen LogP contribution in [0.1, 0.15) is 60.8 Å². The van der Waals surface area contributed by atoms with Gasteiger partial charge in [-0.15, -0.1) is 0 Å². The van der Waals surface area contributed by atoms with Crippen molar-refractivity contribution < 1.29 is 9.84 Å². The van der Waals surface area contributed by atoms with Crippen molar-refractivity contribution in [2.75, 3.05) is 0 Å². The highest BCUT2D eigenvalue weighted by molar-refractivity contribution is 4.79. The van der Waals surface area contributed by atoms with Crippen molar-refractivity contribution in [1.29, 1.82) is 0 Å². The third kappa shape index (κ3) is 3.25. The third-order valence-corrected chi connectivity index (χ3v) is 3.33. The average Bonchev–Trinajstić information content (AvgIpc) is 2.17. The Morgan fingerprint density at radius 1 is 1.07 bits per heavy atom. The van der Waals surface area contributed by atoms with Crippen LogP contribution in [-0.4, -0.2) is 16.5 Å². The lowest BCUT2D eigenvalue weighted by atomic mass is 9.95. The normalized spacial score (nSPS) is 17.1. The number of ether oxygens (including phenoxy) is 1. The fourth-order valence-electron chi connectivity index (χ4n) is 1.42. The Morgan fingerprint density at radius 3 is 1.71 bits per heavy atom. The molecule has 0 fully saturated rings. The fourth-order valence-corrected chi connectivity index (χ4v) is 1.42. The van der Waals surface area contributed by atoms with Crippen molar-refractivity contribution in [3.63, 3.8) is 0 Å². The first-order chi connectivity index (χ1) is 6.33. The maximum Gasteiger partial charge on any atom is 0.168 e. The topological polar surface area (TPSA) is 29.5 Å². The highest BCUT2D eigenvalue weighted by atomic mass is 16.6. The van der Waals surface area contributed by atoms with Gasteiger partial charge < -0.3 is 9.84 Å². The molecule has 0 saturated heterocycles. The van der Waals surface area contributed by atoms with Crippen molar-refractivity contribution in [3.8, 4) is 0 Å². The predicted octanol–water partition coefficient (Wildman–Crippen LogP) is 3.34. The molecule has 0 spiro atoms. The maximum atomic E-state index is 10.3. The lowest BCUT2D eigenvalue weighted by molar-refractivity contribution is -0.286. The molecule has 0 radical (unpaired) electrons. The highest BCUT2D eigenvalue weighted by Crippen LogP contribution is 2.31. The second-order valence-corrected chi connectivity index (χ2v) is 4.61. The van der Waals surface area contributed by atoms with Gasteiger partial charge in [0.2, 0.25) is 0 Å². The molecule has 0 aliphatic rings. The summed E-state index contributed by atoms with van der Waals surface area (Å²) in [6.45, 7) is 12.2. The number of rotatable bonds is 6. The standard InChI is InChI=1S/C12H26O2/c1-7-11(6,8-2)14-12(13,9-3)10(4)5/h10,13H,7-9H2,1-6H3. The minimum Gasteiger partial charge on any atom is -0.365 e. The number of hydrogen-bond donors (Lipinski definition) is 1. The Morgan fingerprint density at radius 2 is 1.50 bits per heavy atom. The SMILES string of the molecule is CCC(C)(CC)OC(O)(CC)C(C)C. The molecule has 14 heavy (non-hydrogen) atoms. The molecule has 0 saturated carbocycles. The van der Waals surface area contributed by atoms with Gasteiger partial charge in [0.25, 0.3) is 0 Å². The van der Waals surface area contributed by atoms with Gasteiger partial charge in [0.05, 0.1) is 5.60 Å². The van der Waals surface area contributed by atoms with E-state index in [1.807, 2.05) is 20.8 Å². The van der Waals surface area contributed by atoms with E-state index >= 15 is 0 Å². The molecule has 0 rings (SSSR count). The quantitative estimate of drug-likeness (QED) is 0.669. The van der Waals surface area contributed by atoms with Crippen LogP contribution in [0.2, 0.25) is 0 Å². The van der Waals surface area contributed by atoms with Crippen LogP contribution in [0, 0.1) is 5.92 Å². The monoisotopic (exact) mass is 202 g/mol. The van der Waals surface area contributed by atoms with Gasteiger partial charge in [-0.25, -0.2) is 0 Å². The first-order valence-corrected chi connectivity index (χ1v) is 5.76. The molecule has 0 bridgehead atoms. The minimum atomic E-state index is -0.971. The van der Waals surface area contributed by atoms with Crippen molar-refractivity contribution in [2.24, 2.45) is 5.92 Å². The zero-order valence-corrected chi connectivity index (χ0v) is 10.6. The summed E-state index contributed by atoms with van der Waals surface area (Å²) in [6.07, 6.45) is 2.50. The molecule has 0 aliphatic heterocycles. The molecule has 1 unspecified atom stereocenters. The van der Waals surface area contributed by atoms with E-state index in [1.165, 1.54) is 0 Å². The summed E-state index contributed by atoms with van der Waals surface area (Å²) >= 11 is 0. The van der Waals surface area contributed by atoms with Gasteiger partial charge in [-0.1, -0.05) is 34.6 Å². The second-order valence-electron chi connectivity index (χ2n) is 4.61. The van der Waals surface area contributed by atoms with E-state index in [0.29, 0.717) is 6.42 Å². The van der Waals surface area contributed by atoms with Crippen LogP contribution in [0.5, 0.6) is 0 Å². The smallest absolute Gasteiger partial charge is 0.168 e. The highest BCUT2D eigenvalue weighted by Gasteiger charge is 2.37. The lowest BCUT2D eigenvalue weighted by Crippen LogP contribution is -2.45. The van der Waals surface area contributed by atoms with Crippen LogP contribution >= 0.6 is 0 Å². The van der Waals surface area contributed by atoms with Gasteiger partial charge >= 0.3 is 0 Å². The molecule has 0 heterocycles. The van der Waals surface area contributed by atoms with E-state index in [1.54, 1.807) is 0 Å². The molecule has 2 heteroatoms. The second kappa shape index (κ2) is 5.13. The van der Waals surface area contributed by atoms with E-state index in [-0.39, 0.29) is 11.5 Å². The van der Waals surface area contributed by atoms with Crippen LogP contribution in [0.3, 0.4) is 0 Å². The maximum absolute atomic E-state index is 10.3. The van der Waals surface area contributed by atoms with Gasteiger partial charge in [-0.2, -0.15) is 0 Å². The third-order valence-electron chi connectivity index (χ3n) is 3.33. The van der Waals surface area contributed by atoms with E-state index in [9.17, 15) is 5.11 Å². The summed E-state index contributed by atoms with van der Waals surface area (Å²) in [6, 6.07) is 0. The summed E-state index contributed by atoms with van der Waals surface area (Å²) in [7, 11) is 0. The molecule has 0 aromatic carbocycles. The summed E-state index contributed by atoms with van der Waals surface area (Å²) in [5, 5.41) is 10.3. The molecule has 0 aromatic heterocycles. The Hall–Kier alpha value is -0.0800. The van der Waals surface area contributed by atoms with Gasteiger partial charge in [0, 0.05) is 5.92 Å². The largest absolute Gasteiger partial charge is 0.365 e. The van der Waals surface area contributed by atoms with E-state index < -0.39 is 5.79 Å². The van der Waals surface area contributed by atoms with Crippen molar-refractivity contribution in [3.05, 3.63) is 0 Å². The van der Waals surface area contributed by atoms with E-state index in [0.717, 1.165) is 12.8 Å². The summed E-state index contributed by atoms with van der Waals surface area (Å²) < 4.78 is 5.89. The van der Waals surface area contributed by atoms with Crippen molar-refractivity contribution in [1.82, 2.24) is 0 Å². The molecule has 0 amide bonds. The van der Waals surface area contributed by atoms with E-state index in [4.69, 9.17) is 4.74 Å². The number of aliphatic hydroxyl groups is 1. The van der Waals surface area contributed by atoms with Crippen LogP contribution in [0.25, 0.3) is 0 Å². The summed E-state index contributed by atoms with van der Waals surface area (Å²) in [5.41, 5.74) is -0.199. The van der Waals surface area contributed by atoms with Crippen molar-refractivity contribution >= 4 is 0 Å². The van der Waals surface area contributed by atoms with Gasteiger partial charge in [-0.3, -0.25) is 0 Å². The molecule has 86 valence electrons. The van der Waals surface area contributed by atoms with Gasteiger partial charge in [-0.05, 0) is 26.2 Å². The molecule has 1 N–H and O–H groups in total. The van der Waals surface area contributed by atoms with Gasteiger partial charge in [0.15, 0.2) is 5.79 Å². The van der Waals surface area contributed by atoms with Crippen molar-refractivity contribution in [2.45, 2.75) is 72.2 Å². The van der Waals surface area contributed by atoms with Crippen LogP contribution in [-0.2, 0) is 4.74 Å².